The monoisotopic (exact) mass is 241 g/mol. The highest BCUT2D eigenvalue weighted by atomic mass is 32.1. The van der Waals surface area contributed by atoms with E-state index >= 15 is 0 Å². The second kappa shape index (κ2) is 4.19. The van der Waals surface area contributed by atoms with Crippen LogP contribution < -0.4 is 5.73 Å². The van der Waals surface area contributed by atoms with Gasteiger partial charge >= 0.3 is 0 Å². The Morgan fingerprint density at radius 3 is 2.62 bits per heavy atom. The van der Waals surface area contributed by atoms with Gasteiger partial charge in [-0.15, -0.1) is 11.3 Å². The van der Waals surface area contributed by atoms with Gasteiger partial charge in [0, 0.05) is 10.4 Å². The van der Waals surface area contributed by atoms with Gasteiger partial charge in [-0.2, -0.15) is 4.39 Å². The number of aromatic hydroxyl groups is 1. The van der Waals surface area contributed by atoms with Crippen molar-refractivity contribution in [1.29, 1.82) is 0 Å². The van der Waals surface area contributed by atoms with Gasteiger partial charge in [0.25, 0.3) is 0 Å². The number of halogens is 2. The average molecular weight is 241 g/mol. The summed E-state index contributed by atoms with van der Waals surface area (Å²) in [7, 11) is 0. The molecular weight excluding hydrogens is 232 g/mol. The Bertz CT molecular complexity index is 499. The van der Waals surface area contributed by atoms with Gasteiger partial charge in [-0.3, -0.25) is 0 Å². The number of phenolic OH excluding ortho intramolecular Hbond substituents is 1. The summed E-state index contributed by atoms with van der Waals surface area (Å²) in [6, 6.07) is 5.18. The smallest absolute Gasteiger partial charge is 0.200 e. The second-order valence-corrected chi connectivity index (χ2v) is 4.27. The van der Waals surface area contributed by atoms with E-state index in [4.69, 9.17) is 5.73 Å². The molecule has 0 saturated heterocycles. The molecule has 0 aliphatic heterocycles. The summed E-state index contributed by atoms with van der Waals surface area (Å²) in [5.41, 5.74) is 6.02. The quantitative estimate of drug-likeness (QED) is 0.849. The number of phenols is 1. The maximum atomic E-state index is 13.1. The number of rotatable bonds is 2. The largest absolute Gasteiger partial charge is 0.505 e. The standard InChI is InChI=1S/C11H9F2NOS/c12-7-4-3-6(11(15)9(7)13)10(14)8-2-1-5-16-8/h1-5,10,15H,14H2/t10-/m0/s1. The van der Waals surface area contributed by atoms with Gasteiger partial charge in [-0.1, -0.05) is 12.1 Å². The first-order valence-electron chi connectivity index (χ1n) is 4.57. The third kappa shape index (κ3) is 1.79. The molecule has 0 aliphatic carbocycles. The fourth-order valence-electron chi connectivity index (χ4n) is 1.43. The van der Waals surface area contributed by atoms with Crippen LogP contribution in [0, 0.1) is 11.6 Å². The highest BCUT2D eigenvalue weighted by Gasteiger charge is 2.19. The van der Waals surface area contributed by atoms with E-state index in [1.54, 1.807) is 12.1 Å². The van der Waals surface area contributed by atoms with E-state index in [2.05, 4.69) is 0 Å². The molecule has 3 N–H and O–H groups in total. The van der Waals surface area contributed by atoms with Crippen molar-refractivity contribution in [2.75, 3.05) is 0 Å². The van der Waals surface area contributed by atoms with Crippen LogP contribution in [0.25, 0.3) is 0 Å². The summed E-state index contributed by atoms with van der Waals surface area (Å²) in [6.07, 6.45) is 0. The third-order valence-electron chi connectivity index (χ3n) is 2.29. The number of benzene rings is 1. The summed E-state index contributed by atoms with van der Waals surface area (Å²) in [5, 5.41) is 11.3. The van der Waals surface area contributed by atoms with Crippen LogP contribution >= 0.6 is 11.3 Å². The van der Waals surface area contributed by atoms with Crippen molar-refractivity contribution < 1.29 is 13.9 Å². The molecule has 0 fully saturated rings. The van der Waals surface area contributed by atoms with Gasteiger partial charge in [0.2, 0.25) is 5.82 Å². The van der Waals surface area contributed by atoms with E-state index in [-0.39, 0.29) is 5.56 Å². The fourth-order valence-corrected chi connectivity index (χ4v) is 2.17. The van der Waals surface area contributed by atoms with E-state index in [1.807, 2.05) is 5.38 Å². The molecule has 0 saturated carbocycles. The summed E-state index contributed by atoms with van der Waals surface area (Å²) < 4.78 is 25.9. The first-order chi connectivity index (χ1) is 7.61. The zero-order valence-electron chi connectivity index (χ0n) is 8.15. The molecule has 0 unspecified atom stereocenters. The van der Waals surface area contributed by atoms with Crippen LogP contribution in [-0.4, -0.2) is 5.11 Å². The molecule has 1 aromatic carbocycles. The molecule has 0 bridgehead atoms. The molecule has 16 heavy (non-hydrogen) atoms. The lowest BCUT2D eigenvalue weighted by atomic mass is 10.0. The van der Waals surface area contributed by atoms with Crippen LogP contribution in [0.5, 0.6) is 5.75 Å². The lowest BCUT2D eigenvalue weighted by Gasteiger charge is -2.12. The molecule has 1 heterocycles. The summed E-state index contributed by atoms with van der Waals surface area (Å²) in [4.78, 5) is 0.779. The summed E-state index contributed by atoms with van der Waals surface area (Å²) in [6.45, 7) is 0. The van der Waals surface area contributed by atoms with Crippen molar-refractivity contribution in [3.05, 3.63) is 51.7 Å². The maximum Gasteiger partial charge on any atom is 0.200 e. The number of thiophene rings is 1. The van der Waals surface area contributed by atoms with Gasteiger partial charge in [-0.05, 0) is 17.5 Å². The first kappa shape index (κ1) is 11.0. The zero-order chi connectivity index (χ0) is 11.7. The van der Waals surface area contributed by atoms with E-state index in [1.165, 1.54) is 17.4 Å². The second-order valence-electron chi connectivity index (χ2n) is 3.29. The Balaban J connectivity index is 2.45. The van der Waals surface area contributed by atoms with Crippen molar-refractivity contribution in [3.8, 4) is 5.75 Å². The van der Waals surface area contributed by atoms with Crippen LogP contribution in [0.2, 0.25) is 0 Å². The summed E-state index contributed by atoms with van der Waals surface area (Å²) in [5.74, 6) is -3.06. The predicted octanol–water partition coefficient (Wildman–Crippen LogP) is 2.78. The van der Waals surface area contributed by atoms with Crippen molar-refractivity contribution in [3.63, 3.8) is 0 Å². The fraction of sp³-hybridized carbons (Fsp3) is 0.0909. The molecule has 0 aliphatic rings. The normalized spacial score (nSPS) is 12.7. The van der Waals surface area contributed by atoms with Gasteiger partial charge in [0.15, 0.2) is 11.6 Å². The third-order valence-corrected chi connectivity index (χ3v) is 3.24. The van der Waals surface area contributed by atoms with Crippen LogP contribution in [0.1, 0.15) is 16.5 Å². The topological polar surface area (TPSA) is 46.2 Å². The highest BCUT2D eigenvalue weighted by Crippen LogP contribution is 2.32. The van der Waals surface area contributed by atoms with Gasteiger partial charge < -0.3 is 10.8 Å². The Labute approximate surface area is 95.0 Å². The van der Waals surface area contributed by atoms with E-state index < -0.39 is 23.4 Å². The van der Waals surface area contributed by atoms with Crippen molar-refractivity contribution in [1.82, 2.24) is 0 Å². The van der Waals surface area contributed by atoms with E-state index in [0.717, 1.165) is 10.9 Å². The molecule has 1 aromatic heterocycles. The molecule has 0 amide bonds. The number of nitrogens with two attached hydrogens (primary N) is 1. The van der Waals surface area contributed by atoms with Crippen molar-refractivity contribution in [2.45, 2.75) is 6.04 Å². The molecule has 0 spiro atoms. The highest BCUT2D eigenvalue weighted by molar-refractivity contribution is 7.10. The molecule has 2 nitrogen and oxygen atoms in total. The number of hydrogen-bond acceptors (Lipinski definition) is 3. The minimum Gasteiger partial charge on any atom is -0.505 e. The number of hydrogen-bond donors (Lipinski definition) is 2. The molecule has 2 aromatic rings. The lowest BCUT2D eigenvalue weighted by molar-refractivity contribution is 0.399. The molecule has 1 atom stereocenters. The van der Waals surface area contributed by atoms with Gasteiger partial charge in [0.05, 0.1) is 6.04 Å². The van der Waals surface area contributed by atoms with Crippen LogP contribution in [0.15, 0.2) is 29.6 Å². The molecule has 0 radical (unpaired) electrons. The van der Waals surface area contributed by atoms with Gasteiger partial charge in [0.1, 0.15) is 0 Å². The van der Waals surface area contributed by atoms with E-state index in [9.17, 15) is 13.9 Å². The Kier molecular flexibility index (Phi) is 2.89. The average Bonchev–Trinajstić information content (AvgIpc) is 2.79. The Morgan fingerprint density at radius 2 is 2.00 bits per heavy atom. The van der Waals surface area contributed by atoms with Crippen LogP contribution in [0.3, 0.4) is 0 Å². The predicted molar refractivity (Wildman–Crippen MR) is 58.4 cm³/mol. The van der Waals surface area contributed by atoms with Crippen LogP contribution in [0.4, 0.5) is 8.78 Å². The van der Waals surface area contributed by atoms with E-state index in [0.29, 0.717) is 0 Å². The van der Waals surface area contributed by atoms with Crippen molar-refractivity contribution in [2.24, 2.45) is 5.73 Å². The lowest BCUT2D eigenvalue weighted by Crippen LogP contribution is -2.11. The molecular formula is C11H9F2NOS. The van der Waals surface area contributed by atoms with Crippen LogP contribution in [-0.2, 0) is 0 Å². The minimum atomic E-state index is -1.26. The minimum absolute atomic E-state index is 0.182. The van der Waals surface area contributed by atoms with Gasteiger partial charge in [-0.25, -0.2) is 4.39 Å². The summed E-state index contributed by atoms with van der Waals surface area (Å²) >= 11 is 1.39. The zero-order valence-corrected chi connectivity index (χ0v) is 8.97. The van der Waals surface area contributed by atoms with Crippen molar-refractivity contribution >= 4 is 11.3 Å². The SMILES string of the molecule is N[C@H](c1cccs1)c1ccc(F)c(F)c1O. The molecule has 84 valence electrons. The molecule has 5 heteroatoms. The molecule has 2 rings (SSSR count). The Hall–Kier alpha value is -1.46. The maximum absolute atomic E-state index is 13.1. The first-order valence-corrected chi connectivity index (χ1v) is 5.45. The Morgan fingerprint density at radius 1 is 1.25 bits per heavy atom.